The molecule has 2 aliphatic rings. The first-order chi connectivity index (χ1) is 14.0. The number of amides is 1. The third kappa shape index (κ3) is 4.38. The highest BCUT2D eigenvalue weighted by atomic mass is 16.6. The van der Waals surface area contributed by atoms with Gasteiger partial charge in [0, 0.05) is 50.0 Å². The van der Waals surface area contributed by atoms with Crippen LogP contribution in [-0.2, 0) is 11.3 Å². The van der Waals surface area contributed by atoms with Gasteiger partial charge in [-0.05, 0) is 32.9 Å². The molecule has 1 fully saturated rings. The second kappa shape index (κ2) is 8.42. The van der Waals surface area contributed by atoms with Crippen molar-refractivity contribution in [3.05, 3.63) is 35.2 Å². The molecule has 8 nitrogen and oxygen atoms in total. The largest absolute Gasteiger partial charge is 0.486 e. The quantitative estimate of drug-likeness (QED) is 0.824. The van der Waals surface area contributed by atoms with Crippen molar-refractivity contribution in [1.29, 1.82) is 0 Å². The average molecular weight is 400 g/mol. The minimum atomic E-state index is -0.204. The smallest absolute Gasteiger partial charge is 0.241 e. The van der Waals surface area contributed by atoms with Crippen molar-refractivity contribution in [2.24, 2.45) is 0 Å². The van der Waals surface area contributed by atoms with Gasteiger partial charge < -0.3 is 19.3 Å². The molecule has 1 amide bonds. The van der Waals surface area contributed by atoms with Gasteiger partial charge in [0.15, 0.2) is 11.5 Å². The molecule has 0 spiro atoms. The molecule has 29 heavy (non-hydrogen) atoms. The summed E-state index contributed by atoms with van der Waals surface area (Å²) < 4.78 is 16.4. The van der Waals surface area contributed by atoms with Crippen LogP contribution in [0.1, 0.15) is 23.9 Å². The van der Waals surface area contributed by atoms with Crippen LogP contribution in [0.5, 0.6) is 11.5 Å². The van der Waals surface area contributed by atoms with Crippen LogP contribution < -0.4 is 14.8 Å². The second-order valence-electron chi connectivity index (χ2n) is 7.64. The van der Waals surface area contributed by atoms with Crippen LogP contribution in [0.25, 0.3) is 0 Å². The molecule has 1 atom stereocenters. The summed E-state index contributed by atoms with van der Waals surface area (Å²) in [6.45, 7) is 11.3. The molecule has 2 aliphatic heterocycles. The van der Waals surface area contributed by atoms with Gasteiger partial charge in [-0.2, -0.15) is 0 Å². The Labute approximate surface area is 170 Å². The highest BCUT2D eigenvalue weighted by molar-refractivity contribution is 5.94. The molecular formula is C21H28N4O4. The number of carbonyl (C=O) groups is 1. The van der Waals surface area contributed by atoms with Crippen molar-refractivity contribution in [3.63, 3.8) is 0 Å². The first-order valence-corrected chi connectivity index (χ1v) is 10.1. The molecule has 1 saturated heterocycles. The summed E-state index contributed by atoms with van der Waals surface area (Å²) >= 11 is 0. The van der Waals surface area contributed by atoms with Crippen molar-refractivity contribution < 1.29 is 18.8 Å². The van der Waals surface area contributed by atoms with Crippen LogP contribution in [0.4, 0.5) is 5.69 Å². The van der Waals surface area contributed by atoms with Crippen molar-refractivity contribution in [1.82, 2.24) is 15.0 Å². The number of hydrogen-bond donors (Lipinski definition) is 1. The summed E-state index contributed by atoms with van der Waals surface area (Å²) in [6, 6.07) is 5.30. The maximum Gasteiger partial charge on any atom is 0.241 e. The molecule has 1 aromatic carbocycles. The number of nitrogens with one attached hydrogen (secondary N) is 1. The van der Waals surface area contributed by atoms with Gasteiger partial charge in [0.2, 0.25) is 5.91 Å². The Morgan fingerprint density at radius 2 is 1.86 bits per heavy atom. The third-order valence-corrected chi connectivity index (χ3v) is 5.71. The number of ether oxygens (including phenoxy) is 2. The van der Waals surface area contributed by atoms with E-state index in [2.05, 4.69) is 20.3 Å². The Morgan fingerprint density at radius 3 is 2.55 bits per heavy atom. The van der Waals surface area contributed by atoms with Gasteiger partial charge in [-0.1, -0.05) is 5.16 Å². The fourth-order valence-electron chi connectivity index (χ4n) is 3.79. The van der Waals surface area contributed by atoms with E-state index in [0.29, 0.717) is 19.0 Å². The zero-order valence-electron chi connectivity index (χ0n) is 17.2. The van der Waals surface area contributed by atoms with E-state index < -0.39 is 0 Å². The fourth-order valence-corrected chi connectivity index (χ4v) is 3.79. The monoisotopic (exact) mass is 400 g/mol. The summed E-state index contributed by atoms with van der Waals surface area (Å²) in [7, 11) is 0. The predicted molar refractivity (Wildman–Crippen MR) is 108 cm³/mol. The molecule has 0 aliphatic carbocycles. The summed E-state index contributed by atoms with van der Waals surface area (Å²) in [4.78, 5) is 17.4. The lowest BCUT2D eigenvalue weighted by molar-refractivity contribution is -0.121. The predicted octanol–water partition coefficient (Wildman–Crippen LogP) is 2.21. The van der Waals surface area contributed by atoms with E-state index in [9.17, 15) is 4.79 Å². The first kappa shape index (κ1) is 19.7. The van der Waals surface area contributed by atoms with Gasteiger partial charge in [0.1, 0.15) is 19.0 Å². The summed E-state index contributed by atoms with van der Waals surface area (Å²) in [5.41, 5.74) is 2.85. The number of benzene rings is 1. The number of piperazine rings is 1. The Hall–Kier alpha value is -2.58. The highest BCUT2D eigenvalue weighted by Gasteiger charge is 2.27. The molecule has 0 bridgehead atoms. The van der Waals surface area contributed by atoms with Crippen molar-refractivity contribution >= 4 is 11.6 Å². The molecule has 8 heteroatoms. The lowest BCUT2D eigenvalue weighted by Gasteiger charge is -2.37. The molecule has 0 radical (unpaired) electrons. The highest BCUT2D eigenvalue weighted by Crippen LogP contribution is 2.32. The van der Waals surface area contributed by atoms with E-state index in [1.54, 1.807) is 0 Å². The Kier molecular flexibility index (Phi) is 5.73. The number of nitrogens with zero attached hydrogens (tertiary/aromatic N) is 3. The Morgan fingerprint density at radius 1 is 1.14 bits per heavy atom. The molecule has 3 heterocycles. The molecule has 1 N–H and O–H groups in total. The summed E-state index contributed by atoms with van der Waals surface area (Å²) in [5, 5.41) is 7.03. The van der Waals surface area contributed by atoms with E-state index in [4.69, 9.17) is 14.0 Å². The first-order valence-electron chi connectivity index (χ1n) is 10.1. The number of aryl methyl sites for hydroxylation is 2. The van der Waals surface area contributed by atoms with Crippen LogP contribution in [0.2, 0.25) is 0 Å². The minimum absolute atomic E-state index is 0.0131. The molecule has 2 aromatic rings. The molecule has 1 unspecified atom stereocenters. The van der Waals surface area contributed by atoms with Crippen LogP contribution >= 0.6 is 0 Å². The van der Waals surface area contributed by atoms with Crippen molar-refractivity contribution in [2.45, 2.75) is 33.4 Å². The molecule has 4 rings (SSSR count). The van der Waals surface area contributed by atoms with Gasteiger partial charge in [0.25, 0.3) is 0 Å². The van der Waals surface area contributed by atoms with Crippen LogP contribution in [-0.4, -0.2) is 66.3 Å². The van der Waals surface area contributed by atoms with Gasteiger partial charge in [-0.3, -0.25) is 14.6 Å². The van der Waals surface area contributed by atoms with Crippen molar-refractivity contribution in [2.75, 3.05) is 44.7 Å². The molecular weight excluding hydrogens is 372 g/mol. The number of aromatic nitrogens is 1. The van der Waals surface area contributed by atoms with E-state index in [-0.39, 0.29) is 11.9 Å². The van der Waals surface area contributed by atoms with Gasteiger partial charge in [0.05, 0.1) is 11.7 Å². The van der Waals surface area contributed by atoms with Crippen LogP contribution in [0, 0.1) is 13.8 Å². The minimum Gasteiger partial charge on any atom is -0.486 e. The Balaban J connectivity index is 1.30. The number of fused-ring (bicyclic) bond motifs is 1. The molecule has 156 valence electrons. The standard InChI is InChI=1S/C21H28N4O4/c1-14-18(16(3)29-23-14)13-24-6-8-25(9-7-24)15(2)21(26)22-17-4-5-19-20(12-17)28-11-10-27-19/h4-5,12,15H,6-11,13H2,1-3H3,(H,22,26). The number of hydrogen-bond acceptors (Lipinski definition) is 7. The van der Waals surface area contributed by atoms with E-state index in [1.165, 1.54) is 5.56 Å². The molecule has 0 saturated carbocycles. The lowest BCUT2D eigenvalue weighted by atomic mass is 10.1. The average Bonchev–Trinajstić information content (AvgIpc) is 3.05. The van der Waals surface area contributed by atoms with Gasteiger partial charge in [-0.25, -0.2) is 0 Å². The summed E-state index contributed by atoms with van der Waals surface area (Å²) in [5.74, 6) is 2.27. The number of carbonyl (C=O) groups excluding carboxylic acids is 1. The van der Waals surface area contributed by atoms with E-state index in [0.717, 1.165) is 55.6 Å². The maximum atomic E-state index is 12.7. The van der Waals surface area contributed by atoms with Crippen LogP contribution in [0.3, 0.4) is 0 Å². The number of anilines is 1. The van der Waals surface area contributed by atoms with E-state index >= 15 is 0 Å². The van der Waals surface area contributed by atoms with Crippen LogP contribution in [0.15, 0.2) is 22.7 Å². The maximum absolute atomic E-state index is 12.7. The zero-order valence-corrected chi connectivity index (χ0v) is 17.2. The SMILES string of the molecule is Cc1noc(C)c1CN1CCN(C(C)C(=O)Nc2ccc3c(c2)OCCO3)CC1. The lowest BCUT2D eigenvalue weighted by Crippen LogP contribution is -2.52. The fraction of sp³-hybridized carbons (Fsp3) is 0.524. The van der Waals surface area contributed by atoms with E-state index in [1.807, 2.05) is 39.0 Å². The molecule has 1 aromatic heterocycles. The normalized spacial score (nSPS) is 18.4. The topological polar surface area (TPSA) is 80.1 Å². The zero-order chi connectivity index (χ0) is 20.4. The number of rotatable bonds is 5. The third-order valence-electron chi connectivity index (χ3n) is 5.71. The van der Waals surface area contributed by atoms with Crippen molar-refractivity contribution in [3.8, 4) is 11.5 Å². The second-order valence-corrected chi connectivity index (χ2v) is 7.64. The van der Waals surface area contributed by atoms with Gasteiger partial charge in [-0.15, -0.1) is 0 Å². The Bertz CT molecular complexity index is 854. The summed E-state index contributed by atoms with van der Waals surface area (Å²) in [6.07, 6.45) is 0. The van der Waals surface area contributed by atoms with Gasteiger partial charge >= 0.3 is 0 Å².